The summed E-state index contributed by atoms with van der Waals surface area (Å²) in [4.78, 5) is 4.25. The maximum Gasteiger partial charge on any atom is 0.142 e. The molecule has 0 saturated carbocycles. The fourth-order valence-corrected chi connectivity index (χ4v) is 3.91. The number of nitrogens with zero attached hydrogens (tertiary/aromatic N) is 1. The molecule has 3 aromatic rings. The number of halogens is 1. The SMILES string of the molecule is COc1cc(-c2csc3c(I)cnc(N)c23)ccc1N. The van der Waals surface area contributed by atoms with Crippen molar-refractivity contribution < 1.29 is 4.74 Å². The van der Waals surface area contributed by atoms with Gasteiger partial charge in [-0.3, -0.25) is 0 Å². The number of pyridine rings is 1. The van der Waals surface area contributed by atoms with Gasteiger partial charge in [-0.2, -0.15) is 0 Å². The Morgan fingerprint density at radius 2 is 2.10 bits per heavy atom. The standard InChI is InChI=1S/C14H12IN3OS/c1-19-11-4-7(2-3-10(11)16)8-6-20-13-9(15)5-18-14(17)12(8)13/h2-6H,16H2,1H3,(H2,17,18). The number of methoxy groups -OCH3 is 1. The van der Waals surface area contributed by atoms with E-state index in [1.54, 1.807) is 24.6 Å². The molecule has 0 aliphatic rings. The van der Waals surface area contributed by atoms with Gasteiger partial charge in [0, 0.05) is 20.7 Å². The molecule has 4 nitrogen and oxygen atoms in total. The molecule has 102 valence electrons. The predicted molar refractivity (Wildman–Crippen MR) is 93.1 cm³/mol. The summed E-state index contributed by atoms with van der Waals surface area (Å²) in [6.07, 6.45) is 1.79. The van der Waals surface area contributed by atoms with Crippen LogP contribution in [0.2, 0.25) is 0 Å². The molecule has 0 fully saturated rings. The van der Waals surface area contributed by atoms with Crippen molar-refractivity contribution in [2.75, 3.05) is 18.6 Å². The molecule has 6 heteroatoms. The molecule has 0 aliphatic heterocycles. The van der Waals surface area contributed by atoms with E-state index in [4.69, 9.17) is 16.2 Å². The normalized spacial score (nSPS) is 10.9. The van der Waals surface area contributed by atoms with Crippen LogP contribution in [-0.2, 0) is 0 Å². The number of nitrogens with two attached hydrogens (primary N) is 2. The number of thiophene rings is 1. The minimum Gasteiger partial charge on any atom is -0.495 e. The highest BCUT2D eigenvalue weighted by atomic mass is 127. The van der Waals surface area contributed by atoms with Crippen LogP contribution >= 0.6 is 33.9 Å². The second kappa shape index (κ2) is 5.10. The molecule has 0 aliphatic carbocycles. The molecular weight excluding hydrogens is 385 g/mol. The van der Waals surface area contributed by atoms with Crippen LogP contribution in [0.4, 0.5) is 11.5 Å². The van der Waals surface area contributed by atoms with Gasteiger partial charge < -0.3 is 16.2 Å². The highest BCUT2D eigenvalue weighted by molar-refractivity contribution is 14.1. The van der Waals surface area contributed by atoms with Gasteiger partial charge in [-0.05, 0) is 45.7 Å². The minimum atomic E-state index is 0.549. The number of benzene rings is 1. The van der Waals surface area contributed by atoms with E-state index in [1.807, 2.05) is 18.2 Å². The highest BCUT2D eigenvalue weighted by Gasteiger charge is 2.14. The van der Waals surface area contributed by atoms with E-state index in [0.717, 1.165) is 24.8 Å². The summed E-state index contributed by atoms with van der Waals surface area (Å²) in [5.74, 6) is 1.21. The van der Waals surface area contributed by atoms with Gasteiger partial charge >= 0.3 is 0 Å². The van der Waals surface area contributed by atoms with E-state index in [0.29, 0.717) is 17.3 Å². The molecule has 4 N–H and O–H groups in total. The molecule has 0 atom stereocenters. The first kappa shape index (κ1) is 13.4. The third-order valence-electron chi connectivity index (χ3n) is 3.13. The molecule has 2 aromatic heterocycles. The third kappa shape index (κ3) is 2.08. The van der Waals surface area contributed by atoms with Crippen molar-refractivity contribution in [1.29, 1.82) is 0 Å². The monoisotopic (exact) mass is 397 g/mol. The molecule has 0 bridgehead atoms. The average molecular weight is 397 g/mol. The first-order valence-electron chi connectivity index (χ1n) is 5.87. The van der Waals surface area contributed by atoms with Crippen LogP contribution in [0.15, 0.2) is 29.8 Å². The molecular formula is C14H12IN3OS. The second-order valence-electron chi connectivity index (χ2n) is 4.30. The Labute approximate surface area is 133 Å². The number of fused-ring (bicyclic) bond motifs is 1. The number of nitrogen functional groups attached to an aromatic ring is 2. The summed E-state index contributed by atoms with van der Waals surface area (Å²) in [5, 5.41) is 3.09. The Morgan fingerprint density at radius 1 is 1.30 bits per heavy atom. The minimum absolute atomic E-state index is 0.549. The number of rotatable bonds is 2. The second-order valence-corrected chi connectivity index (χ2v) is 6.34. The zero-order chi connectivity index (χ0) is 14.3. The highest BCUT2D eigenvalue weighted by Crippen LogP contribution is 2.40. The fraction of sp³-hybridized carbons (Fsp3) is 0.0714. The van der Waals surface area contributed by atoms with Crippen molar-refractivity contribution >= 4 is 55.5 Å². The van der Waals surface area contributed by atoms with Crippen molar-refractivity contribution in [2.24, 2.45) is 0 Å². The zero-order valence-corrected chi connectivity index (χ0v) is 13.7. The number of ether oxygens (including phenoxy) is 1. The van der Waals surface area contributed by atoms with Crippen LogP contribution in [0.3, 0.4) is 0 Å². The Bertz CT molecular complexity index is 800. The lowest BCUT2D eigenvalue weighted by Crippen LogP contribution is -1.94. The summed E-state index contributed by atoms with van der Waals surface area (Å²) in [6.45, 7) is 0. The summed E-state index contributed by atoms with van der Waals surface area (Å²) < 4.78 is 7.54. The van der Waals surface area contributed by atoms with Crippen LogP contribution in [0.25, 0.3) is 21.2 Å². The molecule has 0 spiro atoms. The van der Waals surface area contributed by atoms with E-state index in [-0.39, 0.29) is 0 Å². The lowest BCUT2D eigenvalue weighted by molar-refractivity contribution is 0.417. The molecule has 0 saturated heterocycles. The van der Waals surface area contributed by atoms with E-state index in [1.165, 1.54) is 0 Å². The van der Waals surface area contributed by atoms with Crippen molar-refractivity contribution in [3.05, 3.63) is 33.3 Å². The van der Waals surface area contributed by atoms with Crippen LogP contribution < -0.4 is 16.2 Å². The average Bonchev–Trinajstić information content (AvgIpc) is 2.90. The lowest BCUT2D eigenvalue weighted by Gasteiger charge is -2.08. The molecule has 1 aromatic carbocycles. The molecule has 20 heavy (non-hydrogen) atoms. The molecule has 0 radical (unpaired) electrons. The van der Waals surface area contributed by atoms with Gasteiger partial charge in [0.25, 0.3) is 0 Å². The first-order chi connectivity index (χ1) is 9.61. The lowest BCUT2D eigenvalue weighted by atomic mass is 10.0. The summed E-state index contributed by atoms with van der Waals surface area (Å²) in [5.41, 5.74) is 14.6. The molecule has 3 rings (SSSR count). The van der Waals surface area contributed by atoms with Gasteiger partial charge in [0.05, 0.1) is 17.5 Å². The summed E-state index contributed by atoms with van der Waals surface area (Å²) >= 11 is 3.94. The maximum absolute atomic E-state index is 6.04. The maximum atomic E-state index is 6.04. The van der Waals surface area contributed by atoms with Crippen LogP contribution in [-0.4, -0.2) is 12.1 Å². The molecule has 0 amide bonds. The van der Waals surface area contributed by atoms with E-state index in [2.05, 4.69) is 33.0 Å². The van der Waals surface area contributed by atoms with Crippen LogP contribution in [0.5, 0.6) is 5.75 Å². The number of hydrogen-bond acceptors (Lipinski definition) is 5. The van der Waals surface area contributed by atoms with E-state index < -0.39 is 0 Å². The van der Waals surface area contributed by atoms with Gasteiger partial charge in [0.1, 0.15) is 11.6 Å². The van der Waals surface area contributed by atoms with E-state index >= 15 is 0 Å². The smallest absolute Gasteiger partial charge is 0.142 e. The van der Waals surface area contributed by atoms with Crippen LogP contribution in [0, 0.1) is 3.57 Å². The summed E-state index contributed by atoms with van der Waals surface area (Å²) in [6, 6.07) is 5.74. The quantitative estimate of drug-likeness (QED) is 0.511. The van der Waals surface area contributed by atoms with Gasteiger partial charge in [0.15, 0.2) is 0 Å². The first-order valence-corrected chi connectivity index (χ1v) is 7.82. The topological polar surface area (TPSA) is 74.2 Å². The fourth-order valence-electron chi connectivity index (χ4n) is 2.13. The Hall–Kier alpha value is -1.54. The Balaban J connectivity index is 2.27. The summed E-state index contributed by atoms with van der Waals surface area (Å²) in [7, 11) is 1.61. The number of anilines is 2. The van der Waals surface area contributed by atoms with Crippen LogP contribution in [0.1, 0.15) is 0 Å². The zero-order valence-electron chi connectivity index (χ0n) is 10.7. The van der Waals surface area contributed by atoms with Crippen molar-refractivity contribution in [3.63, 3.8) is 0 Å². The number of aromatic nitrogens is 1. The van der Waals surface area contributed by atoms with Crippen molar-refractivity contribution in [2.45, 2.75) is 0 Å². The van der Waals surface area contributed by atoms with Gasteiger partial charge in [-0.1, -0.05) is 6.07 Å². The number of hydrogen-bond donors (Lipinski definition) is 2. The Kier molecular flexibility index (Phi) is 3.43. The Morgan fingerprint density at radius 3 is 2.85 bits per heavy atom. The predicted octanol–water partition coefficient (Wildman–Crippen LogP) is 3.74. The molecule has 2 heterocycles. The third-order valence-corrected chi connectivity index (χ3v) is 5.32. The molecule has 0 unspecified atom stereocenters. The van der Waals surface area contributed by atoms with Gasteiger partial charge in [-0.15, -0.1) is 11.3 Å². The van der Waals surface area contributed by atoms with E-state index in [9.17, 15) is 0 Å². The van der Waals surface area contributed by atoms with Gasteiger partial charge in [0.2, 0.25) is 0 Å². The van der Waals surface area contributed by atoms with Gasteiger partial charge in [-0.25, -0.2) is 4.98 Å². The van der Waals surface area contributed by atoms with Crippen molar-refractivity contribution in [3.8, 4) is 16.9 Å². The largest absolute Gasteiger partial charge is 0.495 e. The van der Waals surface area contributed by atoms with Crippen molar-refractivity contribution in [1.82, 2.24) is 4.98 Å².